The average molecular weight is 224 g/mol. The van der Waals surface area contributed by atoms with E-state index in [1.807, 2.05) is 0 Å². The molecule has 1 aromatic carbocycles. The molecule has 0 fully saturated rings. The monoisotopic (exact) mass is 223 g/mol. The van der Waals surface area contributed by atoms with Gasteiger partial charge in [0.15, 0.2) is 17.3 Å². The topological polar surface area (TPSA) is 22.1 Å². The number of halogens is 2. The maximum absolute atomic E-state index is 13.2. The normalized spacial score (nSPS) is 10.0. The third-order valence-electron chi connectivity index (χ3n) is 1.79. The fourth-order valence-corrected chi connectivity index (χ4v) is 1.23. The van der Waals surface area contributed by atoms with Gasteiger partial charge in [0.2, 0.25) is 0 Å². The lowest BCUT2D eigenvalue weighted by Crippen LogP contribution is -1.89. The fraction of sp³-hybridized carbons (Fsp3) is 0. The van der Waals surface area contributed by atoms with Crippen LogP contribution >= 0.6 is 11.6 Å². The quantitative estimate of drug-likeness (QED) is 0.775. The van der Waals surface area contributed by atoms with E-state index in [1.165, 1.54) is 24.5 Å². The Labute approximate surface area is 91.3 Å². The van der Waals surface area contributed by atoms with Crippen molar-refractivity contribution >= 4 is 11.6 Å². The number of nitrogens with zero attached hydrogens (tertiary/aromatic N) is 1. The molecule has 0 saturated heterocycles. The van der Waals surface area contributed by atoms with E-state index in [0.29, 0.717) is 10.8 Å². The lowest BCUT2D eigenvalue weighted by Gasteiger charge is -2.06. The molecule has 0 amide bonds. The van der Waals surface area contributed by atoms with Gasteiger partial charge >= 0.3 is 0 Å². The molecule has 2 nitrogen and oxygen atoms in total. The van der Waals surface area contributed by atoms with Crippen LogP contribution in [0.3, 0.4) is 0 Å². The molecule has 0 saturated carbocycles. The van der Waals surface area contributed by atoms with E-state index < -0.39 is 5.82 Å². The lowest BCUT2D eigenvalue weighted by atomic mass is 10.3. The summed E-state index contributed by atoms with van der Waals surface area (Å²) in [4.78, 5) is 3.84. The summed E-state index contributed by atoms with van der Waals surface area (Å²) in [5.41, 5.74) is 0. The Balaban J connectivity index is 2.30. The summed E-state index contributed by atoms with van der Waals surface area (Å²) >= 11 is 5.84. The molecule has 0 bridgehead atoms. The molecule has 0 spiro atoms. The number of aromatic nitrogens is 1. The zero-order valence-electron chi connectivity index (χ0n) is 7.65. The van der Waals surface area contributed by atoms with Gasteiger partial charge in [-0.05, 0) is 18.2 Å². The summed E-state index contributed by atoms with van der Waals surface area (Å²) in [6.45, 7) is 0. The first-order valence-electron chi connectivity index (χ1n) is 4.29. The molecule has 4 heteroatoms. The number of ether oxygens (including phenoxy) is 1. The molecule has 0 N–H and O–H groups in total. The number of para-hydroxylation sites is 1. The van der Waals surface area contributed by atoms with E-state index in [2.05, 4.69) is 4.98 Å². The van der Waals surface area contributed by atoms with Crippen LogP contribution in [0.5, 0.6) is 11.5 Å². The van der Waals surface area contributed by atoms with E-state index in [-0.39, 0.29) is 5.75 Å². The molecule has 0 unspecified atom stereocenters. The van der Waals surface area contributed by atoms with Crippen LogP contribution in [-0.2, 0) is 0 Å². The first kappa shape index (κ1) is 9.93. The molecule has 0 aliphatic carbocycles. The van der Waals surface area contributed by atoms with Crippen LogP contribution in [0.2, 0.25) is 5.02 Å². The number of benzene rings is 1. The second-order valence-electron chi connectivity index (χ2n) is 2.84. The molecular weight excluding hydrogens is 217 g/mol. The molecular formula is C11H7ClFNO. The van der Waals surface area contributed by atoms with E-state index in [9.17, 15) is 4.39 Å². The minimum absolute atomic E-state index is 0.132. The highest BCUT2D eigenvalue weighted by atomic mass is 35.5. The van der Waals surface area contributed by atoms with Crippen molar-refractivity contribution in [2.45, 2.75) is 0 Å². The maximum Gasteiger partial charge on any atom is 0.165 e. The summed E-state index contributed by atoms with van der Waals surface area (Å²) in [5.74, 6) is 0.0362. The molecule has 76 valence electrons. The highest BCUT2D eigenvalue weighted by molar-refractivity contribution is 6.32. The summed E-state index contributed by atoms with van der Waals surface area (Å²) in [5, 5.41) is 0.397. The second-order valence-corrected chi connectivity index (χ2v) is 3.25. The van der Waals surface area contributed by atoms with E-state index in [4.69, 9.17) is 16.3 Å². The predicted molar refractivity (Wildman–Crippen MR) is 55.7 cm³/mol. The molecule has 2 aromatic rings. The van der Waals surface area contributed by atoms with Crippen LogP contribution in [0.1, 0.15) is 0 Å². The number of hydrogen-bond donors (Lipinski definition) is 0. The van der Waals surface area contributed by atoms with Gasteiger partial charge in [0.1, 0.15) is 0 Å². The molecule has 15 heavy (non-hydrogen) atoms. The Morgan fingerprint density at radius 1 is 1.13 bits per heavy atom. The lowest BCUT2D eigenvalue weighted by molar-refractivity contribution is 0.441. The number of rotatable bonds is 2. The van der Waals surface area contributed by atoms with Crippen molar-refractivity contribution in [3.8, 4) is 11.5 Å². The highest BCUT2D eigenvalue weighted by Crippen LogP contribution is 2.29. The molecule has 0 atom stereocenters. The molecule has 0 aliphatic rings. The van der Waals surface area contributed by atoms with Crippen molar-refractivity contribution in [2.24, 2.45) is 0 Å². The highest BCUT2D eigenvalue weighted by Gasteiger charge is 2.06. The van der Waals surface area contributed by atoms with Crippen LogP contribution < -0.4 is 4.74 Å². The molecule has 2 rings (SSSR count). The van der Waals surface area contributed by atoms with E-state index in [1.54, 1.807) is 18.2 Å². The summed E-state index contributed by atoms with van der Waals surface area (Å²) in [6.07, 6.45) is 2.98. The standard InChI is InChI=1S/C11H7ClFNO/c12-8-5-6-14-7-11(8)15-10-4-2-1-3-9(10)13/h1-7H. The molecule has 1 aromatic heterocycles. The van der Waals surface area contributed by atoms with Crippen molar-refractivity contribution in [1.29, 1.82) is 0 Å². The fourth-order valence-electron chi connectivity index (χ4n) is 1.08. The van der Waals surface area contributed by atoms with Gasteiger partial charge in [-0.1, -0.05) is 23.7 Å². The van der Waals surface area contributed by atoms with Crippen LogP contribution in [0.4, 0.5) is 4.39 Å². The molecule has 0 aliphatic heterocycles. The second kappa shape index (κ2) is 4.28. The Bertz CT molecular complexity index is 432. The van der Waals surface area contributed by atoms with Crippen molar-refractivity contribution in [3.63, 3.8) is 0 Å². The Hall–Kier alpha value is -1.61. The number of pyridine rings is 1. The van der Waals surface area contributed by atoms with Crippen molar-refractivity contribution in [3.05, 3.63) is 53.6 Å². The van der Waals surface area contributed by atoms with Gasteiger partial charge in [-0.3, -0.25) is 4.98 Å². The smallest absolute Gasteiger partial charge is 0.165 e. The minimum atomic E-state index is -0.433. The predicted octanol–water partition coefficient (Wildman–Crippen LogP) is 3.67. The maximum atomic E-state index is 13.2. The van der Waals surface area contributed by atoms with Gasteiger partial charge in [0.25, 0.3) is 0 Å². The van der Waals surface area contributed by atoms with E-state index in [0.717, 1.165) is 0 Å². The summed E-state index contributed by atoms with van der Waals surface area (Å²) in [7, 11) is 0. The third-order valence-corrected chi connectivity index (χ3v) is 2.10. The SMILES string of the molecule is Fc1ccccc1Oc1cnccc1Cl. The largest absolute Gasteiger partial charge is 0.451 e. The summed E-state index contributed by atoms with van der Waals surface area (Å²) in [6, 6.07) is 7.70. The molecule has 1 heterocycles. The van der Waals surface area contributed by atoms with Crippen LogP contribution in [0, 0.1) is 5.82 Å². The van der Waals surface area contributed by atoms with Gasteiger partial charge in [0.05, 0.1) is 11.2 Å². The zero-order chi connectivity index (χ0) is 10.7. The minimum Gasteiger partial charge on any atom is -0.451 e. The van der Waals surface area contributed by atoms with Gasteiger partial charge in [-0.15, -0.1) is 0 Å². The van der Waals surface area contributed by atoms with Gasteiger partial charge in [-0.25, -0.2) is 4.39 Å². The van der Waals surface area contributed by atoms with E-state index >= 15 is 0 Å². The Kier molecular flexibility index (Phi) is 2.83. The van der Waals surface area contributed by atoms with Crippen molar-refractivity contribution in [1.82, 2.24) is 4.98 Å². The van der Waals surface area contributed by atoms with Crippen LogP contribution in [-0.4, -0.2) is 4.98 Å². The van der Waals surface area contributed by atoms with Crippen molar-refractivity contribution < 1.29 is 9.13 Å². The van der Waals surface area contributed by atoms with Crippen molar-refractivity contribution in [2.75, 3.05) is 0 Å². The van der Waals surface area contributed by atoms with Crippen LogP contribution in [0.15, 0.2) is 42.7 Å². The first-order valence-corrected chi connectivity index (χ1v) is 4.67. The average Bonchev–Trinajstić information content (AvgIpc) is 2.24. The zero-order valence-corrected chi connectivity index (χ0v) is 8.41. The first-order chi connectivity index (χ1) is 7.27. The Morgan fingerprint density at radius 2 is 1.93 bits per heavy atom. The number of hydrogen-bond acceptors (Lipinski definition) is 2. The van der Waals surface area contributed by atoms with Crippen LogP contribution in [0.25, 0.3) is 0 Å². The molecule has 0 radical (unpaired) electrons. The van der Waals surface area contributed by atoms with Gasteiger partial charge in [-0.2, -0.15) is 0 Å². The van der Waals surface area contributed by atoms with Gasteiger partial charge in [0, 0.05) is 6.20 Å². The summed E-state index contributed by atoms with van der Waals surface area (Å²) < 4.78 is 18.5. The third kappa shape index (κ3) is 2.25. The van der Waals surface area contributed by atoms with Gasteiger partial charge < -0.3 is 4.74 Å². The Morgan fingerprint density at radius 3 is 2.67 bits per heavy atom.